The molecule has 1 N–H and O–H groups in total. The van der Waals surface area contributed by atoms with Gasteiger partial charge < -0.3 is 9.88 Å². The fourth-order valence-electron chi connectivity index (χ4n) is 2.98. The van der Waals surface area contributed by atoms with Crippen LogP contribution in [0.3, 0.4) is 0 Å². The summed E-state index contributed by atoms with van der Waals surface area (Å²) in [7, 11) is 0. The normalized spacial score (nSPS) is 25.1. The van der Waals surface area contributed by atoms with Gasteiger partial charge in [0.05, 0.1) is 12.0 Å². The van der Waals surface area contributed by atoms with Crippen molar-refractivity contribution in [2.24, 2.45) is 5.92 Å². The average Bonchev–Trinajstić information content (AvgIpc) is 2.84. The van der Waals surface area contributed by atoms with Gasteiger partial charge in [-0.05, 0) is 25.7 Å². The predicted molar refractivity (Wildman–Crippen MR) is 70.8 cm³/mol. The third-order valence-electron chi connectivity index (χ3n) is 4.12. The SMILES string of the molecule is CCC1CCCCC1NCc1cncn1CC. The lowest BCUT2D eigenvalue weighted by molar-refractivity contribution is 0.253. The van der Waals surface area contributed by atoms with Crippen LogP contribution in [-0.2, 0) is 13.1 Å². The highest BCUT2D eigenvalue weighted by atomic mass is 15.1. The summed E-state index contributed by atoms with van der Waals surface area (Å²) in [5.41, 5.74) is 1.31. The monoisotopic (exact) mass is 235 g/mol. The van der Waals surface area contributed by atoms with Gasteiger partial charge in [0.25, 0.3) is 0 Å². The number of nitrogens with one attached hydrogen (secondary N) is 1. The Morgan fingerprint density at radius 2 is 2.18 bits per heavy atom. The molecule has 0 radical (unpaired) electrons. The summed E-state index contributed by atoms with van der Waals surface area (Å²) < 4.78 is 2.22. The van der Waals surface area contributed by atoms with Gasteiger partial charge in [0.2, 0.25) is 0 Å². The zero-order valence-corrected chi connectivity index (χ0v) is 11.2. The Morgan fingerprint density at radius 1 is 1.35 bits per heavy atom. The number of rotatable bonds is 5. The van der Waals surface area contributed by atoms with Gasteiger partial charge in [-0.15, -0.1) is 0 Å². The molecular formula is C14H25N3. The highest BCUT2D eigenvalue weighted by molar-refractivity contribution is 4.98. The second kappa shape index (κ2) is 6.20. The zero-order valence-electron chi connectivity index (χ0n) is 11.2. The number of hydrogen-bond donors (Lipinski definition) is 1. The summed E-state index contributed by atoms with van der Waals surface area (Å²) in [5.74, 6) is 0.877. The van der Waals surface area contributed by atoms with Crippen LogP contribution in [0.5, 0.6) is 0 Å². The fourth-order valence-corrected chi connectivity index (χ4v) is 2.98. The topological polar surface area (TPSA) is 29.9 Å². The first kappa shape index (κ1) is 12.6. The molecule has 1 aliphatic rings. The van der Waals surface area contributed by atoms with Gasteiger partial charge >= 0.3 is 0 Å². The predicted octanol–water partition coefficient (Wildman–Crippen LogP) is 2.96. The van der Waals surface area contributed by atoms with Crippen LogP contribution in [0.15, 0.2) is 12.5 Å². The van der Waals surface area contributed by atoms with E-state index in [9.17, 15) is 0 Å². The van der Waals surface area contributed by atoms with E-state index in [4.69, 9.17) is 0 Å². The molecule has 0 aliphatic heterocycles. The Morgan fingerprint density at radius 3 is 2.94 bits per heavy atom. The third-order valence-corrected chi connectivity index (χ3v) is 4.12. The Balaban J connectivity index is 1.88. The molecule has 3 heteroatoms. The van der Waals surface area contributed by atoms with E-state index in [1.165, 1.54) is 37.8 Å². The van der Waals surface area contributed by atoms with Crippen LogP contribution in [0.4, 0.5) is 0 Å². The molecular weight excluding hydrogens is 210 g/mol. The molecule has 1 aliphatic carbocycles. The van der Waals surface area contributed by atoms with Crippen LogP contribution in [0, 0.1) is 5.92 Å². The van der Waals surface area contributed by atoms with Gasteiger partial charge in [0.1, 0.15) is 0 Å². The van der Waals surface area contributed by atoms with E-state index in [-0.39, 0.29) is 0 Å². The largest absolute Gasteiger partial charge is 0.334 e. The van der Waals surface area contributed by atoms with Gasteiger partial charge in [-0.3, -0.25) is 0 Å². The minimum atomic E-state index is 0.717. The van der Waals surface area contributed by atoms with Gasteiger partial charge in [-0.1, -0.05) is 26.2 Å². The minimum Gasteiger partial charge on any atom is -0.334 e. The zero-order chi connectivity index (χ0) is 12.1. The molecule has 2 unspecified atom stereocenters. The van der Waals surface area contributed by atoms with Crippen molar-refractivity contribution in [3.63, 3.8) is 0 Å². The lowest BCUT2D eigenvalue weighted by Gasteiger charge is -2.31. The lowest BCUT2D eigenvalue weighted by Crippen LogP contribution is -2.38. The quantitative estimate of drug-likeness (QED) is 0.850. The first-order chi connectivity index (χ1) is 8.35. The maximum atomic E-state index is 4.22. The van der Waals surface area contributed by atoms with E-state index in [1.54, 1.807) is 0 Å². The third kappa shape index (κ3) is 3.09. The molecule has 2 rings (SSSR count). The first-order valence-corrected chi connectivity index (χ1v) is 7.07. The van der Waals surface area contributed by atoms with Crippen LogP contribution in [0.1, 0.15) is 51.6 Å². The van der Waals surface area contributed by atoms with E-state index in [0.717, 1.165) is 19.0 Å². The van der Waals surface area contributed by atoms with Gasteiger partial charge in [0.15, 0.2) is 0 Å². The van der Waals surface area contributed by atoms with Crippen LogP contribution < -0.4 is 5.32 Å². The summed E-state index contributed by atoms with van der Waals surface area (Å²) in [6.07, 6.45) is 10.8. The molecule has 1 saturated carbocycles. The van der Waals surface area contributed by atoms with Crippen LogP contribution >= 0.6 is 0 Å². The first-order valence-electron chi connectivity index (χ1n) is 7.07. The number of aromatic nitrogens is 2. The van der Waals surface area contributed by atoms with E-state index in [2.05, 4.69) is 28.7 Å². The highest BCUT2D eigenvalue weighted by Gasteiger charge is 2.23. The van der Waals surface area contributed by atoms with E-state index < -0.39 is 0 Å². The van der Waals surface area contributed by atoms with Crippen molar-refractivity contribution >= 4 is 0 Å². The summed E-state index contributed by atoms with van der Waals surface area (Å²) in [6.45, 7) is 6.47. The van der Waals surface area contributed by atoms with E-state index >= 15 is 0 Å². The smallest absolute Gasteiger partial charge is 0.0948 e. The number of aryl methyl sites for hydroxylation is 1. The van der Waals surface area contributed by atoms with Gasteiger partial charge in [0, 0.05) is 25.3 Å². The molecule has 1 fully saturated rings. The number of imidazole rings is 1. The molecule has 0 saturated heterocycles. The molecule has 17 heavy (non-hydrogen) atoms. The molecule has 1 aromatic heterocycles. The van der Waals surface area contributed by atoms with Crippen molar-refractivity contribution in [3.05, 3.63) is 18.2 Å². The average molecular weight is 235 g/mol. The van der Waals surface area contributed by atoms with Crippen molar-refractivity contribution in [2.75, 3.05) is 0 Å². The molecule has 0 bridgehead atoms. The van der Waals surface area contributed by atoms with E-state index in [1.807, 2.05) is 12.5 Å². The van der Waals surface area contributed by atoms with Crippen molar-refractivity contribution in [1.82, 2.24) is 14.9 Å². The van der Waals surface area contributed by atoms with Crippen LogP contribution in [0.25, 0.3) is 0 Å². The molecule has 0 spiro atoms. The van der Waals surface area contributed by atoms with Crippen LogP contribution in [0.2, 0.25) is 0 Å². The maximum absolute atomic E-state index is 4.22. The lowest BCUT2D eigenvalue weighted by atomic mass is 9.83. The Hall–Kier alpha value is -0.830. The summed E-state index contributed by atoms with van der Waals surface area (Å²) in [6, 6.07) is 0.717. The minimum absolute atomic E-state index is 0.717. The summed E-state index contributed by atoms with van der Waals surface area (Å²) in [4.78, 5) is 4.22. The standard InChI is InChI=1S/C14H25N3/c1-3-12-7-5-6-8-14(12)16-10-13-9-15-11-17(13)4-2/h9,11-12,14,16H,3-8,10H2,1-2H3. The molecule has 1 heterocycles. The summed E-state index contributed by atoms with van der Waals surface area (Å²) >= 11 is 0. The molecule has 1 aromatic rings. The Labute approximate surface area is 105 Å². The second-order valence-electron chi connectivity index (χ2n) is 5.11. The van der Waals surface area contributed by atoms with E-state index in [0.29, 0.717) is 6.04 Å². The Bertz CT molecular complexity index is 332. The molecule has 0 amide bonds. The molecule has 0 aromatic carbocycles. The van der Waals surface area contributed by atoms with Crippen molar-refractivity contribution in [3.8, 4) is 0 Å². The molecule has 96 valence electrons. The molecule has 3 nitrogen and oxygen atoms in total. The fraction of sp³-hybridized carbons (Fsp3) is 0.786. The van der Waals surface area contributed by atoms with Gasteiger partial charge in [-0.2, -0.15) is 0 Å². The van der Waals surface area contributed by atoms with Crippen molar-refractivity contribution < 1.29 is 0 Å². The van der Waals surface area contributed by atoms with Crippen LogP contribution in [-0.4, -0.2) is 15.6 Å². The summed E-state index contributed by atoms with van der Waals surface area (Å²) in [5, 5.41) is 3.74. The van der Waals surface area contributed by atoms with Crippen molar-refractivity contribution in [2.45, 2.75) is 65.1 Å². The van der Waals surface area contributed by atoms with Crippen molar-refractivity contribution in [1.29, 1.82) is 0 Å². The highest BCUT2D eigenvalue weighted by Crippen LogP contribution is 2.26. The molecule has 2 atom stereocenters. The number of hydrogen-bond acceptors (Lipinski definition) is 2. The number of nitrogens with zero attached hydrogens (tertiary/aromatic N) is 2. The Kier molecular flexibility index (Phi) is 4.60. The van der Waals surface area contributed by atoms with Gasteiger partial charge in [-0.25, -0.2) is 4.98 Å². The maximum Gasteiger partial charge on any atom is 0.0948 e. The second-order valence-corrected chi connectivity index (χ2v) is 5.11.